The van der Waals surface area contributed by atoms with Gasteiger partial charge in [-0.3, -0.25) is 0 Å². The summed E-state index contributed by atoms with van der Waals surface area (Å²) < 4.78 is 5.16. The molecule has 1 fully saturated rings. The molecule has 5 heteroatoms. The van der Waals surface area contributed by atoms with Gasteiger partial charge >= 0.3 is 6.09 Å². The van der Waals surface area contributed by atoms with Crippen LogP contribution in [0.5, 0.6) is 0 Å². The van der Waals surface area contributed by atoms with Crippen LogP contribution in [0, 0.1) is 5.92 Å². The van der Waals surface area contributed by atoms with Crippen molar-refractivity contribution in [1.29, 1.82) is 0 Å². The number of carbonyl (C=O) groups is 1. The number of benzene rings is 1. The number of ether oxygens (including phenoxy) is 1. The molecule has 3 N–H and O–H groups in total. The minimum atomic E-state index is -0.321. The summed E-state index contributed by atoms with van der Waals surface area (Å²) in [6, 6.07) is 9.72. The number of alkyl carbamates (subject to hydrolysis) is 1. The zero-order chi connectivity index (χ0) is 15.3. The SMILES string of the molecule is CO.O=C(NCCC1CCNCC1)OCc1ccccc1. The summed E-state index contributed by atoms with van der Waals surface area (Å²) in [6.07, 6.45) is 3.14. The molecule has 0 bridgehead atoms. The number of rotatable bonds is 5. The molecule has 0 radical (unpaired) electrons. The summed E-state index contributed by atoms with van der Waals surface area (Å²) in [4.78, 5) is 11.5. The van der Waals surface area contributed by atoms with Crippen LogP contribution in [-0.2, 0) is 11.3 Å². The minimum absolute atomic E-state index is 0.321. The van der Waals surface area contributed by atoms with Crippen LogP contribution in [0.3, 0.4) is 0 Å². The van der Waals surface area contributed by atoms with E-state index in [-0.39, 0.29) is 6.09 Å². The monoisotopic (exact) mass is 294 g/mol. The first kappa shape index (κ1) is 17.5. The Labute approximate surface area is 126 Å². The molecule has 0 aromatic heterocycles. The zero-order valence-corrected chi connectivity index (χ0v) is 12.7. The molecule has 0 aliphatic carbocycles. The molecular formula is C16H26N2O3. The average Bonchev–Trinajstić information content (AvgIpc) is 2.57. The van der Waals surface area contributed by atoms with E-state index in [4.69, 9.17) is 9.84 Å². The average molecular weight is 294 g/mol. The van der Waals surface area contributed by atoms with Crippen LogP contribution in [0.15, 0.2) is 30.3 Å². The van der Waals surface area contributed by atoms with Crippen molar-refractivity contribution in [3.05, 3.63) is 35.9 Å². The molecule has 5 nitrogen and oxygen atoms in total. The highest BCUT2D eigenvalue weighted by atomic mass is 16.5. The van der Waals surface area contributed by atoms with Gasteiger partial charge in [0.2, 0.25) is 0 Å². The zero-order valence-electron chi connectivity index (χ0n) is 12.7. The lowest BCUT2D eigenvalue weighted by Gasteiger charge is -2.22. The molecule has 1 aromatic carbocycles. The number of aliphatic hydroxyl groups is 1. The Kier molecular flexibility index (Phi) is 9.24. The van der Waals surface area contributed by atoms with E-state index in [1.165, 1.54) is 12.8 Å². The van der Waals surface area contributed by atoms with Crippen molar-refractivity contribution in [1.82, 2.24) is 10.6 Å². The van der Waals surface area contributed by atoms with E-state index in [9.17, 15) is 4.79 Å². The molecule has 1 amide bonds. The Balaban J connectivity index is 0.00000106. The third-order valence-electron chi connectivity index (χ3n) is 3.49. The molecule has 1 heterocycles. The largest absolute Gasteiger partial charge is 0.445 e. The Morgan fingerprint density at radius 2 is 1.95 bits per heavy atom. The lowest BCUT2D eigenvalue weighted by atomic mass is 9.95. The summed E-state index contributed by atoms with van der Waals surface area (Å²) in [5, 5.41) is 13.2. The maximum Gasteiger partial charge on any atom is 0.407 e. The normalized spacial score (nSPS) is 14.8. The molecule has 2 rings (SSSR count). The summed E-state index contributed by atoms with van der Waals surface area (Å²) >= 11 is 0. The smallest absolute Gasteiger partial charge is 0.407 e. The molecule has 21 heavy (non-hydrogen) atoms. The maximum atomic E-state index is 11.5. The van der Waals surface area contributed by atoms with E-state index in [1.807, 2.05) is 30.3 Å². The van der Waals surface area contributed by atoms with Gasteiger partial charge in [0.25, 0.3) is 0 Å². The third kappa shape index (κ3) is 7.68. The van der Waals surface area contributed by atoms with E-state index < -0.39 is 0 Å². The molecule has 0 unspecified atom stereocenters. The first-order chi connectivity index (χ1) is 10.3. The molecule has 0 atom stereocenters. The van der Waals surface area contributed by atoms with Crippen molar-refractivity contribution >= 4 is 6.09 Å². The van der Waals surface area contributed by atoms with Crippen molar-refractivity contribution in [3.8, 4) is 0 Å². The fraction of sp³-hybridized carbons (Fsp3) is 0.562. The second-order valence-electron chi connectivity index (χ2n) is 4.97. The van der Waals surface area contributed by atoms with Gasteiger partial charge in [0.1, 0.15) is 6.61 Å². The van der Waals surface area contributed by atoms with Gasteiger partial charge in [0.15, 0.2) is 0 Å². The van der Waals surface area contributed by atoms with Crippen LogP contribution >= 0.6 is 0 Å². The van der Waals surface area contributed by atoms with Gasteiger partial charge in [0.05, 0.1) is 0 Å². The van der Waals surface area contributed by atoms with Gasteiger partial charge in [-0.15, -0.1) is 0 Å². The Morgan fingerprint density at radius 1 is 1.29 bits per heavy atom. The Bertz CT molecular complexity index is 378. The number of carbonyl (C=O) groups excluding carboxylic acids is 1. The Morgan fingerprint density at radius 3 is 2.62 bits per heavy atom. The molecule has 1 aliphatic heterocycles. The summed E-state index contributed by atoms with van der Waals surface area (Å²) in [6.45, 7) is 3.24. The van der Waals surface area contributed by atoms with Crippen molar-refractivity contribution < 1.29 is 14.6 Å². The van der Waals surface area contributed by atoms with Crippen LogP contribution in [0.4, 0.5) is 4.79 Å². The van der Waals surface area contributed by atoms with Crippen LogP contribution in [0.2, 0.25) is 0 Å². The van der Waals surface area contributed by atoms with E-state index in [0.717, 1.165) is 38.1 Å². The highest BCUT2D eigenvalue weighted by Gasteiger charge is 2.12. The van der Waals surface area contributed by atoms with E-state index in [2.05, 4.69) is 10.6 Å². The lowest BCUT2D eigenvalue weighted by Crippen LogP contribution is -2.31. The maximum absolute atomic E-state index is 11.5. The van der Waals surface area contributed by atoms with Gasteiger partial charge in [-0.2, -0.15) is 0 Å². The fourth-order valence-corrected chi connectivity index (χ4v) is 2.32. The summed E-state index contributed by atoms with van der Waals surface area (Å²) in [5.41, 5.74) is 1.01. The standard InChI is InChI=1S/C15H22N2O2.CH4O/c18-15(19-12-14-4-2-1-3-5-14)17-11-8-13-6-9-16-10-7-13;1-2/h1-5,13,16H,6-12H2,(H,17,18);2H,1H3. The van der Waals surface area contributed by atoms with Gasteiger partial charge in [-0.1, -0.05) is 30.3 Å². The quantitative estimate of drug-likeness (QED) is 0.776. The second kappa shape index (κ2) is 11.1. The number of amides is 1. The number of hydrogen-bond donors (Lipinski definition) is 3. The number of hydrogen-bond acceptors (Lipinski definition) is 4. The van der Waals surface area contributed by atoms with Crippen molar-refractivity contribution in [2.45, 2.75) is 25.9 Å². The van der Waals surface area contributed by atoms with E-state index in [0.29, 0.717) is 13.2 Å². The van der Waals surface area contributed by atoms with E-state index in [1.54, 1.807) is 0 Å². The molecule has 1 aromatic rings. The first-order valence-electron chi connectivity index (χ1n) is 7.44. The highest BCUT2D eigenvalue weighted by Crippen LogP contribution is 2.14. The minimum Gasteiger partial charge on any atom is -0.445 e. The van der Waals surface area contributed by atoms with Crippen molar-refractivity contribution in [2.24, 2.45) is 5.92 Å². The van der Waals surface area contributed by atoms with Crippen LogP contribution in [0.1, 0.15) is 24.8 Å². The van der Waals surface area contributed by atoms with E-state index >= 15 is 0 Å². The molecule has 0 spiro atoms. The van der Waals surface area contributed by atoms with Gasteiger partial charge in [-0.05, 0) is 43.8 Å². The summed E-state index contributed by atoms with van der Waals surface area (Å²) in [5.74, 6) is 0.732. The van der Waals surface area contributed by atoms with Crippen molar-refractivity contribution in [2.75, 3.05) is 26.7 Å². The summed E-state index contributed by atoms with van der Waals surface area (Å²) in [7, 11) is 1.00. The van der Waals surface area contributed by atoms with Gasteiger partial charge < -0.3 is 20.5 Å². The number of aliphatic hydroxyl groups excluding tert-OH is 1. The fourth-order valence-electron chi connectivity index (χ4n) is 2.32. The third-order valence-corrected chi connectivity index (χ3v) is 3.49. The number of nitrogens with one attached hydrogen (secondary N) is 2. The van der Waals surface area contributed by atoms with Crippen LogP contribution in [-0.4, -0.2) is 37.9 Å². The topological polar surface area (TPSA) is 70.6 Å². The predicted octanol–water partition coefficient (Wildman–Crippen LogP) is 1.91. The molecule has 118 valence electrons. The molecular weight excluding hydrogens is 268 g/mol. The second-order valence-corrected chi connectivity index (χ2v) is 4.97. The van der Waals surface area contributed by atoms with Gasteiger partial charge in [0, 0.05) is 13.7 Å². The highest BCUT2D eigenvalue weighted by molar-refractivity contribution is 5.67. The molecule has 1 saturated heterocycles. The predicted molar refractivity (Wildman–Crippen MR) is 83.0 cm³/mol. The van der Waals surface area contributed by atoms with Crippen molar-refractivity contribution in [3.63, 3.8) is 0 Å². The lowest BCUT2D eigenvalue weighted by molar-refractivity contribution is 0.138. The Hall–Kier alpha value is -1.59. The van der Waals surface area contributed by atoms with Crippen LogP contribution in [0.25, 0.3) is 0 Å². The molecule has 0 saturated carbocycles. The molecule has 1 aliphatic rings. The van der Waals surface area contributed by atoms with Crippen LogP contribution < -0.4 is 10.6 Å². The first-order valence-corrected chi connectivity index (χ1v) is 7.44. The number of piperidine rings is 1. The van der Waals surface area contributed by atoms with Gasteiger partial charge in [-0.25, -0.2) is 4.79 Å².